The third kappa shape index (κ3) is 6.74. The summed E-state index contributed by atoms with van der Waals surface area (Å²) in [6.07, 6.45) is 1.69. The Labute approximate surface area is 256 Å². The zero-order chi connectivity index (χ0) is 31.6. The fourth-order valence-corrected chi connectivity index (χ4v) is 6.26. The van der Waals surface area contributed by atoms with Crippen molar-refractivity contribution in [2.45, 2.75) is 50.8 Å². The molecule has 232 valence electrons. The fraction of sp³-hybridized carbons (Fsp3) is 0.290. The van der Waals surface area contributed by atoms with Crippen molar-refractivity contribution in [1.29, 1.82) is 0 Å². The quantitative estimate of drug-likeness (QED) is 0.111. The molecule has 0 radical (unpaired) electrons. The number of rotatable bonds is 12. The zero-order valence-electron chi connectivity index (χ0n) is 25.1. The standard InChI is InChI=1S/C31H36N4O7SSi/c1-5-43(39,40)23-11-9-22(10-12-23)42-28-17-26-25(16-21(28)19-34-29(37)18-27(36)31(34)38)33-30(24-8-6-7-13-32-24)35(26)20-41-14-15-44(2,3)4/h6-13,16-18,36-38H,5,14-15,19-20H2,1-4H3. The third-order valence-electron chi connectivity index (χ3n) is 7.19. The minimum Gasteiger partial charge on any atom is -0.503 e. The molecule has 5 rings (SSSR count). The molecule has 0 fully saturated rings. The van der Waals surface area contributed by atoms with E-state index in [1.807, 2.05) is 22.8 Å². The number of hydrogen-bond acceptors (Lipinski definition) is 9. The summed E-state index contributed by atoms with van der Waals surface area (Å²) in [4.78, 5) is 9.57. The van der Waals surface area contributed by atoms with Crippen molar-refractivity contribution in [1.82, 2.24) is 19.1 Å². The van der Waals surface area contributed by atoms with Gasteiger partial charge in [0.15, 0.2) is 27.3 Å². The molecule has 0 saturated heterocycles. The van der Waals surface area contributed by atoms with Crippen LogP contribution in [0.4, 0.5) is 0 Å². The van der Waals surface area contributed by atoms with Crippen molar-refractivity contribution in [2.24, 2.45) is 0 Å². The van der Waals surface area contributed by atoms with E-state index in [1.165, 1.54) is 12.1 Å². The molecular formula is C31H36N4O7SSi. The van der Waals surface area contributed by atoms with E-state index < -0.39 is 29.5 Å². The number of fused-ring (bicyclic) bond motifs is 1. The topological polar surface area (TPSA) is 149 Å². The molecule has 5 aromatic rings. The summed E-state index contributed by atoms with van der Waals surface area (Å²) in [6, 6.07) is 17.3. The Kier molecular flexibility index (Phi) is 8.73. The van der Waals surface area contributed by atoms with E-state index in [0.717, 1.165) is 16.7 Å². The maximum Gasteiger partial charge on any atom is 0.237 e. The number of sulfone groups is 1. The highest BCUT2D eigenvalue weighted by Crippen LogP contribution is 2.38. The van der Waals surface area contributed by atoms with E-state index in [-0.39, 0.29) is 29.8 Å². The normalized spacial score (nSPS) is 12.2. The van der Waals surface area contributed by atoms with Gasteiger partial charge in [-0.1, -0.05) is 32.6 Å². The summed E-state index contributed by atoms with van der Waals surface area (Å²) in [7, 11) is -4.70. The highest BCUT2D eigenvalue weighted by molar-refractivity contribution is 7.91. The van der Waals surface area contributed by atoms with Crippen LogP contribution in [0.2, 0.25) is 25.7 Å². The molecule has 3 N–H and O–H groups in total. The maximum atomic E-state index is 12.3. The van der Waals surface area contributed by atoms with Crippen molar-refractivity contribution >= 4 is 28.9 Å². The van der Waals surface area contributed by atoms with Crippen molar-refractivity contribution in [2.75, 3.05) is 12.4 Å². The molecule has 0 bridgehead atoms. The van der Waals surface area contributed by atoms with Crippen LogP contribution in [0.3, 0.4) is 0 Å². The fourth-order valence-electron chi connectivity index (χ4n) is 4.62. The SMILES string of the molecule is CCS(=O)(=O)c1ccc(Oc2cc3c(cc2Cn2c(O)cc(O)c2O)nc(-c2ccccn2)n3COCC[Si](C)(C)C)cc1. The van der Waals surface area contributed by atoms with Gasteiger partial charge >= 0.3 is 0 Å². The van der Waals surface area contributed by atoms with Crippen LogP contribution in [0.1, 0.15) is 12.5 Å². The minimum absolute atomic E-state index is 0.0205. The minimum atomic E-state index is -3.39. The van der Waals surface area contributed by atoms with E-state index >= 15 is 0 Å². The summed E-state index contributed by atoms with van der Waals surface area (Å²) >= 11 is 0. The van der Waals surface area contributed by atoms with Gasteiger partial charge in [0.25, 0.3) is 0 Å². The molecular weight excluding hydrogens is 601 g/mol. The Morgan fingerprint density at radius 1 is 0.955 bits per heavy atom. The summed E-state index contributed by atoms with van der Waals surface area (Å²) < 4.78 is 40.1. The highest BCUT2D eigenvalue weighted by Gasteiger charge is 2.21. The van der Waals surface area contributed by atoms with Crippen LogP contribution in [0.15, 0.2) is 71.8 Å². The number of pyridine rings is 1. The lowest BCUT2D eigenvalue weighted by Crippen LogP contribution is -2.22. The Balaban J connectivity index is 1.61. The van der Waals surface area contributed by atoms with Gasteiger partial charge in [0, 0.05) is 38.6 Å². The number of aromatic hydroxyl groups is 3. The first-order valence-electron chi connectivity index (χ1n) is 14.2. The molecule has 0 atom stereocenters. The number of imidazole rings is 1. The second kappa shape index (κ2) is 12.3. The molecule has 0 unspecified atom stereocenters. The van der Waals surface area contributed by atoms with Gasteiger partial charge < -0.3 is 24.8 Å². The smallest absolute Gasteiger partial charge is 0.237 e. The Hall–Kier alpha value is -4.33. The summed E-state index contributed by atoms with van der Waals surface area (Å²) in [5.74, 6) is 0.0195. The van der Waals surface area contributed by atoms with E-state index in [4.69, 9.17) is 14.5 Å². The molecule has 0 spiro atoms. The molecule has 13 heteroatoms. The van der Waals surface area contributed by atoms with Crippen molar-refractivity contribution in [3.8, 4) is 40.5 Å². The summed E-state index contributed by atoms with van der Waals surface area (Å²) in [5, 5.41) is 30.7. The lowest BCUT2D eigenvalue weighted by Gasteiger charge is -2.17. The van der Waals surface area contributed by atoms with Gasteiger partial charge in [-0.15, -0.1) is 0 Å². The van der Waals surface area contributed by atoms with Crippen molar-refractivity contribution < 1.29 is 33.2 Å². The maximum absolute atomic E-state index is 12.3. The monoisotopic (exact) mass is 636 g/mol. The van der Waals surface area contributed by atoms with E-state index in [1.54, 1.807) is 37.4 Å². The van der Waals surface area contributed by atoms with Crippen LogP contribution < -0.4 is 4.74 Å². The molecule has 3 aromatic heterocycles. The average molecular weight is 637 g/mol. The van der Waals surface area contributed by atoms with Crippen LogP contribution >= 0.6 is 0 Å². The van der Waals surface area contributed by atoms with Gasteiger partial charge in [-0.3, -0.25) is 14.1 Å². The largest absolute Gasteiger partial charge is 0.503 e. The number of ether oxygens (including phenoxy) is 2. The first-order chi connectivity index (χ1) is 20.9. The van der Waals surface area contributed by atoms with Crippen LogP contribution in [0.25, 0.3) is 22.6 Å². The highest BCUT2D eigenvalue weighted by atomic mass is 32.2. The van der Waals surface area contributed by atoms with Gasteiger partial charge in [0.2, 0.25) is 5.88 Å². The third-order valence-corrected chi connectivity index (χ3v) is 10.6. The van der Waals surface area contributed by atoms with Gasteiger partial charge in [0.1, 0.15) is 23.9 Å². The van der Waals surface area contributed by atoms with E-state index in [2.05, 4.69) is 24.6 Å². The van der Waals surface area contributed by atoms with Gasteiger partial charge in [-0.2, -0.15) is 0 Å². The predicted octanol–water partition coefficient (Wildman–Crippen LogP) is 5.96. The predicted molar refractivity (Wildman–Crippen MR) is 170 cm³/mol. The zero-order valence-corrected chi connectivity index (χ0v) is 26.9. The summed E-state index contributed by atoms with van der Waals surface area (Å²) in [6.45, 7) is 9.21. The first-order valence-corrected chi connectivity index (χ1v) is 19.6. The molecule has 0 aliphatic carbocycles. The van der Waals surface area contributed by atoms with Crippen LogP contribution in [0.5, 0.6) is 29.0 Å². The Morgan fingerprint density at radius 3 is 2.32 bits per heavy atom. The molecule has 0 aliphatic rings. The van der Waals surface area contributed by atoms with Crippen molar-refractivity contribution in [3.05, 3.63) is 72.4 Å². The number of nitrogens with zero attached hydrogens (tertiary/aromatic N) is 4. The molecule has 0 aliphatic heterocycles. The molecule has 3 heterocycles. The number of hydrogen-bond donors (Lipinski definition) is 3. The molecule has 44 heavy (non-hydrogen) atoms. The van der Waals surface area contributed by atoms with Crippen LogP contribution in [-0.2, 0) is 27.8 Å². The molecule has 0 saturated carbocycles. The summed E-state index contributed by atoms with van der Waals surface area (Å²) in [5.41, 5.74) is 2.48. The Morgan fingerprint density at radius 2 is 1.70 bits per heavy atom. The number of benzene rings is 2. The second-order valence-electron chi connectivity index (χ2n) is 11.6. The van der Waals surface area contributed by atoms with Crippen LogP contribution in [0, 0.1) is 0 Å². The first kappa shape index (κ1) is 31.1. The molecule has 0 amide bonds. The second-order valence-corrected chi connectivity index (χ2v) is 19.5. The Bertz CT molecular complexity index is 1880. The van der Waals surface area contributed by atoms with Gasteiger partial charge in [-0.05, 0) is 48.5 Å². The molecule has 11 nitrogen and oxygen atoms in total. The van der Waals surface area contributed by atoms with E-state index in [9.17, 15) is 23.7 Å². The molecule has 2 aromatic carbocycles. The van der Waals surface area contributed by atoms with Crippen molar-refractivity contribution in [3.63, 3.8) is 0 Å². The number of aromatic nitrogens is 4. The lowest BCUT2D eigenvalue weighted by molar-refractivity contribution is 0.0909. The van der Waals surface area contributed by atoms with Crippen LogP contribution in [-0.4, -0.2) is 63.3 Å². The van der Waals surface area contributed by atoms with Gasteiger partial charge in [0.05, 0.1) is 28.2 Å². The lowest BCUT2D eigenvalue weighted by atomic mass is 10.1. The van der Waals surface area contributed by atoms with E-state index in [0.29, 0.717) is 46.2 Å². The van der Waals surface area contributed by atoms with Gasteiger partial charge in [-0.25, -0.2) is 13.4 Å². The average Bonchev–Trinajstić information content (AvgIpc) is 3.46.